The molecule has 49 heavy (non-hydrogen) atoms. The molecular weight excluding hydrogens is 617 g/mol. The zero-order valence-corrected chi connectivity index (χ0v) is 27.2. The van der Waals surface area contributed by atoms with Gasteiger partial charge in [-0.2, -0.15) is 0 Å². The smallest absolute Gasteiger partial charge is 0.170 e. The molecule has 4 aromatic heterocycles. The number of nitrogens with zero attached hydrogens (tertiary/aromatic N) is 4. The van der Waals surface area contributed by atoms with E-state index in [1.807, 2.05) is 36.7 Å². The summed E-state index contributed by atoms with van der Waals surface area (Å²) in [7, 11) is 0. The molecule has 5 aromatic carbocycles. The fraction of sp³-hybridized carbons (Fsp3) is 0. The summed E-state index contributed by atoms with van der Waals surface area (Å²) in [5, 5.41) is 4.27. The summed E-state index contributed by atoms with van der Waals surface area (Å²) in [6.45, 7) is 0. The number of pyridine rings is 2. The van der Waals surface area contributed by atoms with Crippen molar-refractivity contribution in [2.75, 3.05) is 0 Å². The fourth-order valence-electron chi connectivity index (χ4n) is 6.48. The van der Waals surface area contributed by atoms with Gasteiger partial charge in [-0.25, -0.2) is 9.97 Å². The van der Waals surface area contributed by atoms with Crippen molar-refractivity contribution in [2.45, 2.75) is 0 Å². The van der Waals surface area contributed by atoms with Gasteiger partial charge in [0.2, 0.25) is 0 Å². The molecule has 9 aromatic rings. The van der Waals surface area contributed by atoms with Crippen LogP contribution in [0, 0.1) is 0 Å². The SMILES string of the molecule is c1ccc(-c2ccc(-c3cc(-c4cc(-c5cccc6cccnc56)cc(-c5cccc6cccnc56)c4)nc(-c4cccs4)n3)cc2)cc1. The topological polar surface area (TPSA) is 51.6 Å². The highest BCUT2D eigenvalue weighted by Crippen LogP contribution is 2.38. The summed E-state index contributed by atoms with van der Waals surface area (Å²) in [5.41, 5.74) is 12.3. The average Bonchev–Trinajstić information content (AvgIpc) is 3.73. The first-order valence-corrected chi connectivity index (χ1v) is 17.1. The largest absolute Gasteiger partial charge is 0.256 e. The monoisotopic (exact) mass is 644 g/mol. The molecule has 0 aliphatic heterocycles. The second-order valence-corrected chi connectivity index (χ2v) is 12.9. The molecule has 0 aliphatic carbocycles. The fourth-order valence-corrected chi connectivity index (χ4v) is 7.14. The van der Waals surface area contributed by atoms with Crippen LogP contribution in [0.2, 0.25) is 0 Å². The first-order chi connectivity index (χ1) is 24.3. The quantitative estimate of drug-likeness (QED) is 0.181. The number of thiophene rings is 1. The van der Waals surface area contributed by atoms with Gasteiger partial charge >= 0.3 is 0 Å². The van der Waals surface area contributed by atoms with E-state index in [0.717, 1.165) is 71.5 Å². The molecule has 0 unspecified atom stereocenters. The Morgan fingerprint density at radius 1 is 0.388 bits per heavy atom. The molecule has 4 nitrogen and oxygen atoms in total. The van der Waals surface area contributed by atoms with Crippen LogP contribution in [0.3, 0.4) is 0 Å². The van der Waals surface area contributed by atoms with E-state index in [1.165, 1.54) is 11.1 Å². The second-order valence-electron chi connectivity index (χ2n) is 11.9. The molecule has 9 rings (SSSR count). The van der Waals surface area contributed by atoms with Crippen molar-refractivity contribution in [3.8, 4) is 66.6 Å². The Balaban J connectivity index is 1.26. The lowest BCUT2D eigenvalue weighted by molar-refractivity contribution is 1.19. The van der Waals surface area contributed by atoms with Gasteiger partial charge in [-0.1, -0.05) is 109 Å². The molecule has 0 radical (unpaired) electrons. The van der Waals surface area contributed by atoms with E-state index < -0.39 is 0 Å². The summed E-state index contributed by atoms with van der Waals surface area (Å²) >= 11 is 1.64. The van der Waals surface area contributed by atoms with Gasteiger partial charge in [0.1, 0.15) is 0 Å². The van der Waals surface area contributed by atoms with Crippen LogP contribution >= 0.6 is 11.3 Å². The summed E-state index contributed by atoms with van der Waals surface area (Å²) in [4.78, 5) is 20.9. The third kappa shape index (κ3) is 5.56. The molecule has 0 saturated heterocycles. The van der Waals surface area contributed by atoms with Crippen LogP contribution in [0.1, 0.15) is 0 Å². The number of rotatable bonds is 6. The van der Waals surface area contributed by atoms with Crippen molar-refractivity contribution >= 4 is 33.1 Å². The number of hydrogen-bond donors (Lipinski definition) is 0. The first kappa shape index (κ1) is 28.9. The maximum Gasteiger partial charge on any atom is 0.170 e. The van der Waals surface area contributed by atoms with Crippen LogP contribution in [-0.2, 0) is 0 Å². The zero-order chi connectivity index (χ0) is 32.6. The third-order valence-corrected chi connectivity index (χ3v) is 9.74. The van der Waals surface area contributed by atoms with Gasteiger partial charge in [0.15, 0.2) is 5.82 Å². The van der Waals surface area contributed by atoms with Crippen molar-refractivity contribution in [3.63, 3.8) is 0 Å². The summed E-state index contributed by atoms with van der Waals surface area (Å²) in [5.74, 6) is 0.709. The summed E-state index contributed by atoms with van der Waals surface area (Å²) in [6.07, 6.45) is 3.72. The first-order valence-electron chi connectivity index (χ1n) is 16.2. The van der Waals surface area contributed by atoms with E-state index in [2.05, 4.69) is 133 Å². The number of aromatic nitrogens is 4. The lowest BCUT2D eigenvalue weighted by atomic mass is 9.92. The predicted octanol–water partition coefficient (Wildman–Crippen LogP) is 11.6. The molecule has 0 amide bonds. The maximum atomic E-state index is 5.20. The second kappa shape index (κ2) is 12.4. The lowest BCUT2D eigenvalue weighted by Gasteiger charge is -2.14. The predicted molar refractivity (Wildman–Crippen MR) is 203 cm³/mol. The minimum atomic E-state index is 0.709. The van der Waals surface area contributed by atoms with Gasteiger partial charge in [-0.15, -0.1) is 11.3 Å². The Bertz CT molecular complexity index is 2490. The molecule has 0 saturated carbocycles. The van der Waals surface area contributed by atoms with Gasteiger partial charge < -0.3 is 0 Å². The van der Waals surface area contributed by atoms with E-state index in [1.54, 1.807) is 11.3 Å². The number of benzene rings is 5. The number of fused-ring (bicyclic) bond motifs is 2. The average molecular weight is 645 g/mol. The molecule has 0 fully saturated rings. The van der Waals surface area contributed by atoms with Gasteiger partial charge in [0.05, 0.1) is 27.3 Å². The van der Waals surface area contributed by atoms with Crippen LogP contribution in [0.15, 0.2) is 169 Å². The molecule has 0 spiro atoms. The Kier molecular flexibility index (Phi) is 7.30. The molecule has 0 aliphatic rings. The van der Waals surface area contributed by atoms with Gasteiger partial charge in [-0.05, 0) is 70.1 Å². The lowest BCUT2D eigenvalue weighted by Crippen LogP contribution is -1.96. The minimum absolute atomic E-state index is 0.709. The maximum absolute atomic E-state index is 5.20. The van der Waals surface area contributed by atoms with Crippen LogP contribution in [0.5, 0.6) is 0 Å². The Labute approximate surface area is 288 Å². The van der Waals surface area contributed by atoms with Crippen LogP contribution in [-0.4, -0.2) is 19.9 Å². The normalized spacial score (nSPS) is 11.3. The van der Waals surface area contributed by atoms with Gasteiger partial charge in [0, 0.05) is 45.4 Å². The Hall–Kier alpha value is -6.30. The number of para-hydroxylation sites is 2. The van der Waals surface area contributed by atoms with Gasteiger partial charge in [-0.3, -0.25) is 9.97 Å². The van der Waals surface area contributed by atoms with Gasteiger partial charge in [0.25, 0.3) is 0 Å². The third-order valence-electron chi connectivity index (χ3n) is 8.87. The van der Waals surface area contributed by atoms with E-state index >= 15 is 0 Å². The minimum Gasteiger partial charge on any atom is -0.256 e. The van der Waals surface area contributed by atoms with Crippen LogP contribution < -0.4 is 0 Å². The Morgan fingerprint density at radius 3 is 1.55 bits per heavy atom. The van der Waals surface area contributed by atoms with Crippen molar-refractivity contribution in [3.05, 3.63) is 169 Å². The molecule has 0 N–H and O–H groups in total. The van der Waals surface area contributed by atoms with E-state index in [4.69, 9.17) is 19.9 Å². The van der Waals surface area contributed by atoms with Crippen LogP contribution in [0.4, 0.5) is 0 Å². The highest BCUT2D eigenvalue weighted by molar-refractivity contribution is 7.13. The van der Waals surface area contributed by atoms with E-state index in [-0.39, 0.29) is 0 Å². The van der Waals surface area contributed by atoms with E-state index in [0.29, 0.717) is 5.82 Å². The van der Waals surface area contributed by atoms with Crippen LogP contribution in [0.25, 0.3) is 88.4 Å². The van der Waals surface area contributed by atoms with E-state index in [9.17, 15) is 0 Å². The highest BCUT2D eigenvalue weighted by atomic mass is 32.1. The molecule has 0 atom stereocenters. The molecule has 4 heterocycles. The summed E-state index contributed by atoms with van der Waals surface area (Å²) in [6, 6.07) is 52.9. The van der Waals surface area contributed by atoms with Crippen molar-refractivity contribution in [1.29, 1.82) is 0 Å². The molecule has 0 bridgehead atoms. The molecule has 5 heteroatoms. The molecular formula is C44H28N4S. The summed E-state index contributed by atoms with van der Waals surface area (Å²) < 4.78 is 0. The Morgan fingerprint density at radius 2 is 0.939 bits per heavy atom. The van der Waals surface area contributed by atoms with Crippen molar-refractivity contribution in [2.24, 2.45) is 0 Å². The van der Waals surface area contributed by atoms with Crippen molar-refractivity contribution < 1.29 is 0 Å². The number of hydrogen-bond acceptors (Lipinski definition) is 5. The standard InChI is InChI=1S/C44H28N4S/c1-2-9-29(10-3-1)30-18-20-31(21-19-30)39-28-40(48-44(47-39)41-17-8-24-49-41)36-26-34(37-15-4-11-32-13-6-22-45-42(32)37)25-35(27-36)38-16-5-12-33-14-7-23-46-43(33)38/h1-28H. The highest BCUT2D eigenvalue weighted by Gasteiger charge is 2.16. The zero-order valence-electron chi connectivity index (χ0n) is 26.4. The molecule has 230 valence electrons. The van der Waals surface area contributed by atoms with Crippen molar-refractivity contribution in [1.82, 2.24) is 19.9 Å².